The van der Waals surface area contributed by atoms with Crippen molar-refractivity contribution >= 4 is 17.3 Å². The Labute approximate surface area is 118 Å². The normalized spacial score (nSPS) is 10.7. The summed E-state index contributed by atoms with van der Waals surface area (Å²) < 4.78 is 25.7. The first kappa shape index (κ1) is 14.6. The maximum Gasteiger partial charge on any atom is 0.308 e. The summed E-state index contributed by atoms with van der Waals surface area (Å²) in [6.45, 7) is 0.979. The summed E-state index contributed by atoms with van der Waals surface area (Å²) in [4.78, 5) is 12.4. The topological polar surface area (TPSA) is 49.3 Å². The average Bonchev–Trinajstić information content (AvgIpc) is 2.80. The highest BCUT2D eigenvalue weighted by molar-refractivity contribution is 7.12. The summed E-state index contributed by atoms with van der Waals surface area (Å²) in [5.74, 6) is -2.57. The molecule has 0 bridgehead atoms. The molecule has 0 saturated carbocycles. The third-order valence-corrected chi connectivity index (χ3v) is 3.74. The SMILES string of the molecule is O=C(O)Cc1ccc(CNCc2ccc(F)c(F)c2)s1. The number of thiophene rings is 1. The lowest BCUT2D eigenvalue weighted by Gasteiger charge is -2.04. The van der Waals surface area contributed by atoms with Gasteiger partial charge >= 0.3 is 5.97 Å². The highest BCUT2D eigenvalue weighted by Crippen LogP contribution is 2.17. The standard InChI is InChI=1S/C14H13F2NO2S/c15-12-4-1-9(5-13(12)16)7-17-8-11-3-2-10(20-11)6-14(18)19/h1-5,17H,6-8H2,(H,18,19). The van der Waals surface area contributed by atoms with Crippen molar-refractivity contribution in [1.29, 1.82) is 0 Å². The van der Waals surface area contributed by atoms with Crippen LogP contribution < -0.4 is 5.32 Å². The van der Waals surface area contributed by atoms with E-state index in [-0.39, 0.29) is 6.42 Å². The smallest absolute Gasteiger partial charge is 0.308 e. The van der Waals surface area contributed by atoms with Crippen molar-refractivity contribution in [3.05, 3.63) is 57.3 Å². The predicted molar refractivity (Wildman–Crippen MR) is 72.6 cm³/mol. The van der Waals surface area contributed by atoms with Crippen LogP contribution in [0.2, 0.25) is 0 Å². The van der Waals surface area contributed by atoms with E-state index in [4.69, 9.17) is 5.11 Å². The molecule has 0 radical (unpaired) electrons. The number of rotatable bonds is 6. The lowest BCUT2D eigenvalue weighted by Crippen LogP contribution is -2.12. The molecule has 0 fully saturated rings. The molecule has 0 aliphatic rings. The molecule has 3 nitrogen and oxygen atoms in total. The Balaban J connectivity index is 1.84. The van der Waals surface area contributed by atoms with Gasteiger partial charge in [0.1, 0.15) is 0 Å². The number of hydrogen-bond acceptors (Lipinski definition) is 3. The van der Waals surface area contributed by atoms with Crippen molar-refractivity contribution in [1.82, 2.24) is 5.32 Å². The molecule has 1 aromatic carbocycles. The lowest BCUT2D eigenvalue weighted by atomic mass is 10.2. The fourth-order valence-corrected chi connectivity index (χ4v) is 2.72. The quantitative estimate of drug-likeness (QED) is 0.862. The number of nitrogens with one attached hydrogen (secondary N) is 1. The summed E-state index contributed by atoms with van der Waals surface area (Å²) in [5.41, 5.74) is 0.659. The largest absolute Gasteiger partial charge is 0.481 e. The molecule has 2 rings (SSSR count). The number of carboxylic acids is 1. The van der Waals surface area contributed by atoms with Crippen molar-refractivity contribution in [2.24, 2.45) is 0 Å². The summed E-state index contributed by atoms with van der Waals surface area (Å²) in [7, 11) is 0. The molecule has 0 atom stereocenters. The van der Waals surface area contributed by atoms with E-state index >= 15 is 0 Å². The highest BCUT2D eigenvalue weighted by Gasteiger charge is 2.05. The molecule has 2 N–H and O–H groups in total. The summed E-state index contributed by atoms with van der Waals surface area (Å²) in [6.07, 6.45) is 0.0217. The maximum atomic E-state index is 13.0. The van der Waals surface area contributed by atoms with E-state index in [0.717, 1.165) is 21.9 Å². The van der Waals surface area contributed by atoms with Crippen LogP contribution in [0.25, 0.3) is 0 Å². The van der Waals surface area contributed by atoms with Gasteiger partial charge in [-0.15, -0.1) is 11.3 Å². The predicted octanol–water partition coefficient (Wildman–Crippen LogP) is 2.94. The summed E-state index contributed by atoms with van der Waals surface area (Å²) in [6, 6.07) is 7.43. The molecule has 0 saturated heterocycles. The second kappa shape index (κ2) is 6.58. The van der Waals surface area contributed by atoms with E-state index < -0.39 is 17.6 Å². The minimum atomic E-state index is -0.857. The van der Waals surface area contributed by atoms with Crippen molar-refractivity contribution in [3.63, 3.8) is 0 Å². The zero-order chi connectivity index (χ0) is 14.5. The van der Waals surface area contributed by atoms with E-state index in [1.54, 1.807) is 6.07 Å². The molecule has 1 heterocycles. The Morgan fingerprint density at radius 1 is 1.10 bits per heavy atom. The van der Waals surface area contributed by atoms with Crippen molar-refractivity contribution < 1.29 is 18.7 Å². The molecule has 106 valence electrons. The summed E-state index contributed by atoms with van der Waals surface area (Å²) in [5, 5.41) is 11.8. The minimum absolute atomic E-state index is 0.0217. The van der Waals surface area contributed by atoms with Crippen LogP contribution >= 0.6 is 11.3 Å². The van der Waals surface area contributed by atoms with Gasteiger partial charge in [-0.25, -0.2) is 8.78 Å². The van der Waals surface area contributed by atoms with E-state index in [1.807, 2.05) is 6.07 Å². The molecular formula is C14H13F2NO2S. The van der Waals surface area contributed by atoms with E-state index in [9.17, 15) is 13.6 Å². The monoisotopic (exact) mass is 297 g/mol. The number of aliphatic carboxylic acids is 1. The number of halogens is 2. The Bertz CT molecular complexity index is 613. The van der Waals surface area contributed by atoms with Crippen LogP contribution in [0.15, 0.2) is 30.3 Å². The molecule has 0 spiro atoms. The number of hydrogen-bond donors (Lipinski definition) is 2. The second-order valence-electron chi connectivity index (χ2n) is 4.29. The molecule has 2 aromatic rings. The van der Waals surface area contributed by atoms with Gasteiger partial charge in [-0.2, -0.15) is 0 Å². The van der Waals surface area contributed by atoms with Gasteiger partial charge in [0.25, 0.3) is 0 Å². The van der Waals surface area contributed by atoms with Crippen molar-refractivity contribution in [2.75, 3.05) is 0 Å². The molecule has 0 unspecified atom stereocenters. The molecular weight excluding hydrogens is 284 g/mol. The average molecular weight is 297 g/mol. The van der Waals surface area contributed by atoms with Gasteiger partial charge in [-0.1, -0.05) is 6.07 Å². The number of benzene rings is 1. The van der Waals surface area contributed by atoms with Gasteiger partial charge in [-0.05, 0) is 29.8 Å². The highest BCUT2D eigenvalue weighted by atomic mass is 32.1. The van der Waals surface area contributed by atoms with E-state index in [2.05, 4.69) is 5.32 Å². The van der Waals surface area contributed by atoms with Crippen LogP contribution in [0.1, 0.15) is 15.3 Å². The maximum absolute atomic E-state index is 13.0. The van der Waals surface area contributed by atoms with E-state index in [0.29, 0.717) is 18.7 Å². The van der Waals surface area contributed by atoms with Gasteiger partial charge < -0.3 is 10.4 Å². The molecule has 0 amide bonds. The molecule has 6 heteroatoms. The van der Waals surface area contributed by atoms with Crippen LogP contribution in [0.3, 0.4) is 0 Å². The van der Waals surface area contributed by atoms with Crippen LogP contribution in [0.4, 0.5) is 8.78 Å². The van der Waals surface area contributed by atoms with Crippen LogP contribution in [0, 0.1) is 11.6 Å². The van der Waals surface area contributed by atoms with Crippen LogP contribution in [-0.2, 0) is 24.3 Å². The van der Waals surface area contributed by atoms with Gasteiger partial charge in [0.05, 0.1) is 6.42 Å². The molecule has 20 heavy (non-hydrogen) atoms. The first-order chi connectivity index (χ1) is 9.54. The van der Waals surface area contributed by atoms with Gasteiger partial charge in [0.2, 0.25) is 0 Å². The molecule has 1 aromatic heterocycles. The molecule has 0 aliphatic carbocycles. The number of carboxylic acid groups (broad SMARTS) is 1. The third kappa shape index (κ3) is 4.11. The number of carbonyl (C=O) groups is 1. The Hall–Kier alpha value is -1.79. The van der Waals surface area contributed by atoms with Crippen molar-refractivity contribution in [2.45, 2.75) is 19.5 Å². The first-order valence-electron chi connectivity index (χ1n) is 5.98. The van der Waals surface area contributed by atoms with Crippen molar-refractivity contribution in [3.8, 4) is 0 Å². The van der Waals surface area contributed by atoms with Gasteiger partial charge in [0, 0.05) is 22.8 Å². The fourth-order valence-electron chi connectivity index (χ4n) is 1.74. The second-order valence-corrected chi connectivity index (χ2v) is 5.54. The van der Waals surface area contributed by atoms with Crippen LogP contribution in [0.5, 0.6) is 0 Å². The Morgan fingerprint density at radius 3 is 2.55 bits per heavy atom. The summed E-state index contributed by atoms with van der Waals surface area (Å²) >= 11 is 1.42. The van der Waals surface area contributed by atoms with Gasteiger partial charge in [0.15, 0.2) is 11.6 Å². The first-order valence-corrected chi connectivity index (χ1v) is 6.80. The zero-order valence-corrected chi connectivity index (χ0v) is 11.3. The zero-order valence-electron chi connectivity index (χ0n) is 10.5. The van der Waals surface area contributed by atoms with Gasteiger partial charge in [-0.3, -0.25) is 4.79 Å². The van der Waals surface area contributed by atoms with Crippen LogP contribution in [-0.4, -0.2) is 11.1 Å². The Kier molecular flexibility index (Phi) is 4.81. The minimum Gasteiger partial charge on any atom is -0.481 e. The Morgan fingerprint density at radius 2 is 1.85 bits per heavy atom. The third-order valence-electron chi connectivity index (χ3n) is 2.66. The lowest BCUT2D eigenvalue weighted by molar-refractivity contribution is -0.136. The fraction of sp³-hybridized carbons (Fsp3) is 0.214. The van der Waals surface area contributed by atoms with E-state index in [1.165, 1.54) is 17.4 Å². The molecule has 0 aliphatic heterocycles.